The summed E-state index contributed by atoms with van der Waals surface area (Å²) < 4.78 is 5.50. The third-order valence-electron chi connectivity index (χ3n) is 3.76. The number of carbonyl (C=O) groups excluding carboxylic acids is 1. The number of rotatable bonds is 4. The molecule has 1 aliphatic rings. The van der Waals surface area contributed by atoms with Crippen LogP contribution in [0.5, 0.6) is 0 Å². The van der Waals surface area contributed by atoms with Gasteiger partial charge in [-0.25, -0.2) is 0 Å². The van der Waals surface area contributed by atoms with Gasteiger partial charge < -0.3 is 9.32 Å². The number of benzene rings is 1. The molecule has 1 aromatic heterocycles. The smallest absolute Gasteiger partial charge is 0.233 e. The van der Waals surface area contributed by atoms with Crippen LogP contribution in [-0.4, -0.2) is 10.8 Å². The molecule has 3 rings (SSSR count). The summed E-state index contributed by atoms with van der Waals surface area (Å²) in [5, 5.41) is 0. The summed E-state index contributed by atoms with van der Waals surface area (Å²) in [6.45, 7) is 6.45. The number of hydrogen-bond acceptors (Lipinski definition) is 2. The molecular weight excluding hydrogens is 250 g/mol. The average Bonchev–Trinajstić information content (AvgIpc) is 2.95. The van der Waals surface area contributed by atoms with Crippen molar-refractivity contribution < 1.29 is 9.21 Å². The molecular formula is C17H17NO2. The Bertz CT molecular complexity index is 616. The molecule has 20 heavy (non-hydrogen) atoms. The number of hydrogen-bond donors (Lipinski definition) is 0. The first-order valence-electron chi connectivity index (χ1n) is 6.71. The van der Waals surface area contributed by atoms with E-state index in [1.807, 2.05) is 54.3 Å². The first kappa shape index (κ1) is 12.7. The van der Waals surface area contributed by atoms with E-state index >= 15 is 0 Å². The van der Waals surface area contributed by atoms with E-state index < -0.39 is 0 Å². The van der Waals surface area contributed by atoms with Crippen LogP contribution in [0, 0.1) is 5.92 Å². The largest absolute Gasteiger partial charge is 0.467 e. The molecule has 2 aromatic rings. The second kappa shape index (κ2) is 5.00. The summed E-state index contributed by atoms with van der Waals surface area (Å²) in [6, 6.07) is 13.7. The molecule has 2 heterocycles. The van der Waals surface area contributed by atoms with Crippen molar-refractivity contribution >= 4 is 5.91 Å². The normalized spacial score (nSPS) is 21.6. The van der Waals surface area contributed by atoms with Gasteiger partial charge in [0.05, 0.1) is 12.2 Å². The van der Waals surface area contributed by atoms with Crippen LogP contribution in [0.2, 0.25) is 0 Å². The Morgan fingerprint density at radius 2 is 2.00 bits per heavy atom. The summed E-state index contributed by atoms with van der Waals surface area (Å²) in [5.41, 5.74) is 2.01. The molecule has 0 N–H and O–H groups in total. The minimum atomic E-state index is -0.162. The van der Waals surface area contributed by atoms with Crippen molar-refractivity contribution in [3.05, 3.63) is 72.2 Å². The zero-order chi connectivity index (χ0) is 14.1. The van der Waals surface area contributed by atoms with Crippen LogP contribution in [0.3, 0.4) is 0 Å². The predicted octanol–water partition coefficient (Wildman–Crippen LogP) is 3.56. The molecule has 0 aliphatic carbocycles. The standard InChI is InChI=1S/C17H17NO2/c1-12(2)15-16(14-9-6-10-20-14)18(17(15)19)11-13-7-4-3-5-8-13/h3-10,15-16H,1,11H2,2H3/t15-,16-/m1/s1. The van der Waals surface area contributed by atoms with E-state index in [0.717, 1.165) is 16.9 Å². The molecule has 0 unspecified atom stereocenters. The van der Waals surface area contributed by atoms with Crippen molar-refractivity contribution in [3.63, 3.8) is 0 Å². The maximum atomic E-state index is 12.3. The second-order valence-electron chi connectivity index (χ2n) is 5.24. The lowest BCUT2D eigenvalue weighted by Crippen LogP contribution is -2.54. The van der Waals surface area contributed by atoms with Crippen LogP contribution in [-0.2, 0) is 11.3 Å². The van der Waals surface area contributed by atoms with Crippen LogP contribution in [0.25, 0.3) is 0 Å². The highest BCUT2D eigenvalue weighted by molar-refractivity contribution is 5.88. The Morgan fingerprint density at radius 1 is 1.25 bits per heavy atom. The Kier molecular flexibility index (Phi) is 3.18. The van der Waals surface area contributed by atoms with Crippen molar-refractivity contribution in [2.45, 2.75) is 19.5 Å². The lowest BCUT2D eigenvalue weighted by atomic mass is 9.80. The van der Waals surface area contributed by atoms with Crippen molar-refractivity contribution in [2.75, 3.05) is 0 Å². The molecule has 3 nitrogen and oxygen atoms in total. The molecule has 1 aromatic carbocycles. The van der Waals surface area contributed by atoms with Gasteiger partial charge in [0.15, 0.2) is 0 Å². The van der Waals surface area contributed by atoms with E-state index in [1.54, 1.807) is 6.26 Å². The molecule has 0 bridgehead atoms. The summed E-state index contributed by atoms with van der Waals surface area (Å²) in [5.74, 6) is 0.793. The molecule has 3 heteroatoms. The summed E-state index contributed by atoms with van der Waals surface area (Å²) in [6.07, 6.45) is 1.65. The van der Waals surface area contributed by atoms with E-state index in [9.17, 15) is 4.79 Å². The SMILES string of the molecule is C=C(C)[C@H]1C(=O)N(Cc2ccccc2)[C@@H]1c1ccco1. The van der Waals surface area contributed by atoms with Gasteiger partial charge in [-0.2, -0.15) is 0 Å². The molecule has 0 radical (unpaired) electrons. The highest BCUT2D eigenvalue weighted by Crippen LogP contribution is 2.44. The maximum Gasteiger partial charge on any atom is 0.233 e. The second-order valence-corrected chi connectivity index (χ2v) is 5.24. The molecule has 0 spiro atoms. The van der Waals surface area contributed by atoms with Crippen LogP contribution in [0.4, 0.5) is 0 Å². The first-order chi connectivity index (χ1) is 9.68. The number of likely N-dealkylation sites (tertiary alicyclic amines) is 1. The van der Waals surface area contributed by atoms with Gasteiger partial charge in [0, 0.05) is 6.54 Å². The minimum absolute atomic E-state index is 0.0322. The molecule has 1 fully saturated rings. The molecule has 102 valence electrons. The summed E-state index contributed by atoms with van der Waals surface area (Å²) >= 11 is 0. The zero-order valence-corrected chi connectivity index (χ0v) is 11.5. The van der Waals surface area contributed by atoms with Crippen molar-refractivity contribution in [3.8, 4) is 0 Å². The Balaban J connectivity index is 1.86. The van der Waals surface area contributed by atoms with Crippen molar-refractivity contribution in [1.29, 1.82) is 0 Å². The first-order valence-corrected chi connectivity index (χ1v) is 6.71. The summed E-state index contributed by atoms with van der Waals surface area (Å²) in [7, 11) is 0. The number of furan rings is 1. The van der Waals surface area contributed by atoms with Gasteiger partial charge >= 0.3 is 0 Å². The van der Waals surface area contributed by atoms with E-state index in [-0.39, 0.29) is 17.9 Å². The van der Waals surface area contributed by atoms with Gasteiger partial charge in [0.2, 0.25) is 5.91 Å². The third-order valence-corrected chi connectivity index (χ3v) is 3.76. The van der Waals surface area contributed by atoms with Gasteiger partial charge in [-0.15, -0.1) is 0 Å². The fourth-order valence-electron chi connectivity index (χ4n) is 2.76. The molecule has 2 atom stereocenters. The number of β-lactam (4-membered cyclic amide) rings is 1. The van der Waals surface area contributed by atoms with Crippen molar-refractivity contribution in [1.82, 2.24) is 4.90 Å². The number of amides is 1. The van der Waals surface area contributed by atoms with Crippen LogP contribution in [0.15, 0.2) is 65.3 Å². The predicted molar refractivity (Wildman–Crippen MR) is 76.7 cm³/mol. The van der Waals surface area contributed by atoms with E-state index in [1.165, 1.54) is 0 Å². The van der Waals surface area contributed by atoms with Gasteiger partial charge in [0.1, 0.15) is 11.8 Å². The Hall–Kier alpha value is -2.29. The number of nitrogens with zero attached hydrogens (tertiary/aromatic N) is 1. The Morgan fingerprint density at radius 3 is 2.60 bits per heavy atom. The molecule has 1 saturated heterocycles. The number of carbonyl (C=O) groups is 1. The van der Waals surface area contributed by atoms with E-state index in [2.05, 4.69) is 6.58 Å². The van der Waals surface area contributed by atoms with Crippen LogP contribution >= 0.6 is 0 Å². The van der Waals surface area contributed by atoms with E-state index in [4.69, 9.17) is 4.42 Å². The topological polar surface area (TPSA) is 33.5 Å². The Labute approximate surface area is 118 Å². The van der Waals surface area contributed by atoms with Crippen LogP contribution in [0.1, 0.15) is 24.3 Å². The van der Waals surface area contributed by atoms with Gasteiger partial charge in [-0.05, 0) is 24.6 Å². The quantitative estimate of drug-likeness (QED) is 0.627. The van der Waals surface area contributed by atoms with Gasteiger partial charge in [-0.3, -0.25) is 4.79 Å². The molecule has 1 amide bonds. The fourth-order valence-corrected chi connectivity index (χ4v) is 2.76. The van der Waals surface area contributed by atoms with Crippen molar-refractivity contribution in [2.24, 2.45) is 5.92 Å². The zero-order valence-electron chi connectivity index (χ0n) is 11.5. The van der Waals surface area contributed by atoms with Crippen LogP contribution < -0.4 is 0 Å². The molecule has 0 saturated carbocycles. The molecule has 1 aliphatic heterocycles. The maximum absolute atomic E-state index is 12.3. The summed E-state index contributed by atoms with van der Waals surface area (Å²) in [4.78, 5) is 14.2. The van der Waals surface area contributed by atoms with Gasteiger partial charge in [-0.1, -0.05) is 42.5 Å². The fraction of sp³-hybridized carbons (Fsp3) is 0.235. The third kappa shape index (κ3) is 2.05. The monoisotopic (exact) mass is 267 g/mol. The van der Waals surface area contributed by atoms with E-state index in [0.29, 0.717) is 6.54 Å². The minimum Gasteiger partial charge on any atom is -0.467 e. The highest BCUT2D eigenvalue weighted by atomic mass is 16.3. The lowest BCUT2D eigenvalue weighted by molar-refractivity contribution is -0.156. The average molecular weight is 267 g/mol. The lowest BCUT2D eigenvalue weighted by Gasteiger charge is -2.46. The highest BCUT2D eigenvalue weighted by Gasteiger charge is 2.49. The van der Waals surface area contributed by atoms with Gasteiger partial charge in [0.25, 0.3) is 0 Å².